The Labute approximate surface area is 177 Å². The van der Waals surface area contributed by atoms with Gasteiger partial charge in [0.25, 0.3) is 5.91 Å². The van der Waals surface area contributed by atoms with E-state index in [9.17, 15) is 14.0 Å². The number of nitrogens with one attached hydrogen (secondary N) is 1. The van der Waals surface area contributed by atoms with Crippen molar-refractivity contribution >= 4 is 34.0 Å². The molecular weight excluding hydrogens is 405 g/mol. The number of amides is 2. The first-order chi connectivity index (χ1) is 14.4. The van der Waals surface area contributed by atoms with Gasteiger partial charge in [-0.1, -0.05) is 12.1 Å². The maximum atomic E-state index is 13.2. The van der Waals surface area contributed by atoms with Crippen LogP contribution >= 0.6 is 11.3 Å². The Kier molecular flexibility index (Phi) is 5.50. The van der Waals surface area contributed by atoms with E-state index in [4.69, 9.17) is 4.74 Å². The summed E-state index contributed by atoms with van der Waals surface area (Å²) in [4.78, 5) is 32.0. The third-order valence-electron chi connectivity index (χ3n) is 4.80. The first kappa shape index (κ1) is 20.0. The van der Waals surface area contributed by atoms with Crippen molar-refractivity contribution in [3.05, 3.63) is 59.2 Å². The molecule has 0 saturated heterocycles. The minimum Gasteiger partial charge on any atom is -0.479 e. The minimum absolute atomic E-state index is 0.122. The van der Waals surface area contributed by atoms with Crippen molar-refractivity contribution in [1.82, 2.24) is 4.98 Å². The summed E-state index contributed by atoms with van der Waals surface area (Å²) >= 11 is 1.36. The van der Waals surface area contributed by atoms with Gasteiger partial charge in [0.2, 0.25) is 5.91 Å². The van der Waals surface area contributed by atoms with Gasteiger partial charge in [-0.3, -0.25) is 9.59 Å². The standard InChI is InChI=1S/C22H20FN3O3S/c1-13-21(28)26(17-5-3-4-6-18(17)29-13)12-11-19(27)24-22-25-20(14(2)30-22)15-7-9-16(23)10-8-15/h3-10,13H,11-12H2,1-2H3,(H,24,25,27)/t13-/m1/s1. The predicted octanol–water partition coefficient (Wildman–Crippen LogP) is 4.40. The highest BCUT2D eigenvalue weighted by atomic mass is 32.1. The molecule has 3 aromatic rings. The molecule has 1 aliphatic rings. The van der Waals surface area contributed by atoms with Gasteiger partial charge in [0.1, 0.15) is 11.6 Å². The summed E-state index contributed by atoms with van der Waals surface area (Å²) in [6, 6.07) is 13.4. The number of hydrogen-bond donors (Lipinski definition) is 1. The highest BCUT2D eigenvalue weighted by Crippen LogP contribution is 2.34. The summed E-state index contributed by atoms with van der Waals surface area (Å²) in [6.07, 6.45) is -0.472. The van der Waals surface area contributed by atoms with E-state index < -0.39 is 6.10 Å². The molecule has 2 aromatic carbocycles. The molecule has 2 amide bonds. The lowest BCUT2D eigenvalue weighted by Gasteiger charge is -2.32. The maximum absolute atomic E-state index is 13.2. The number of thiazole rings is 1. The highest BCUT2D eigenvalue weighted by Gasteiger charge is 2.31. The molecule has 4 rings (SSSR count). The third-order valence-corrected chi connectivity index (χ3v) is 5.68. The molecule has 0 unspecified atom stereocenters. The normalized spacial score (nSPS) is 15.5. The van der Waals surface area contributed by atoms with Crippen LogP contribution in [0.25, 0.3) is 11.3 Å². The molecule has 8 heteroatoms. The van der Waals surface area contributed by atoms with Gasteiger partial charge >= 0.3 is 0 Å². The Hall–Kier alpha value is -3.26. The summed E-state index contributed by atoms with van der Waals surface area (Å²) in [6.45, 7) is 3.84. The van der Waals surface area contributed by atoms with Gasteiger partial charge in [-0.2, -0.15) is 0 Å². The van der Waals surface area contributed by atoms with Crippen molar-refractivity contribution in [3.63, 3.8) is 0 Å². The Balaban J connectivity index is 1.43. The number of nitrogens with zero attached hydrogens (tertiary/aromatic N) is 2. The lowest BCUT2D eigenvalue weighted by molar-refractivity contribution is -0.125. The van der Waals surface area contributed by atoms with E-state index in [-0.39, 0.29) is 30.6 Å². The van der Waals surface area contributed by atoms with Gasteiger partial charge in [0.15, 0.2) is 11.2 Å². The molecule has 30 heavy (non-hydrogen) atoms. The molecule has 0 radical (unpaired) electrons. The molecule has 0 spiro atoms. The lowest BCUT2D eigenvalue weighted by atomic mass is 10.1. The second-order valence-electron chi connectivity index (χ2n) is 6.95. The van der Waals surface area contributed by atoms with Crippen molar-refractivity contribution in [2.45, 2.75) is 26.4 Å². The maximum Gasteiger partial charge on any atom is 0.267 e. The van der Waals surface area contributed by atoms with E-state index in [1.807, 2.05) is 19.1 Å². The molecule has 0 fully saturated rings. The van der Waals surface area contributed by atoms with Crippen LogP contribution < -0.4 is 15.0 Å². The number of benzene rings is 2. The number of hydrogen-bond acceptors (Lipinski definition) is 5. The fraction of sp³-hybridized carbons (Fsp3) is 0.227. The number of anilines is 2. The Morgan fingerprint density at radius 3 is 2.73 bits per heavy atom. The smallest absolute Gasteiger partial charge is 0.267 e. The molecule has 1 atom stereocenters. The van der Waals surface area contributed by atoms with Crippen molar-refractivity contribution < 1.29 is 18.7 Å². The van der Waals surface area contributed by atoms with Crippen LogP contribution in [0.4, 0.5) is 15.2 Å². The molecule has 0 saturated carbocycles. The highest BCUT2D eigenvalue weighted by molar-refractivity contribution is 7.16. The quantitative estimate of drug-likeness (QED) is 0.658. The van der Waals surface area contributed by atoms with Crippen molar-refractivity contribution in [2.24, 2.45) is 0 Å². The number of halogens is 1. The van der Waals surface area contributed by atoms with Crippen LogP contribution in [0.1, 0.15) is 18.2 Å². The number of aromatic nitrogens is 1. The van der Waals surface area contributed by atoms with E-state index in [1.54, 1.807) is 36.1 Å². The molecular formula is C22H20FN3O3S. The van der Waals surface area contributed by atoms with Gasteiger partial charge in [-0.15, -0.1) is 11.3 Å². The average Bonchev–Trinajstić information content (AvgIpc) is 3.09. The monoisotopic (exact) mass is 425 g/mol. The lowest BCUT2D eigenvalue weighted by Crippen LogP contribution is -2.45. The minimum atomic E-state index is -0.595. The van der Waals surface area contributed by atoms with Gasteiger partial charge in [0, 0.05) is 23.4 Å². The third kappa shape index (κ3) is 4.04. The molecule has 0 aliphatic carbocycles. The van der Waals surface area contributed by atoms with E-state index in [1.165, 1.54) is 23.5 Å². The molecule has 1 aliphatic heterocycles. The Bertz CT molecular complexity index is 1100. The number of ether oxygens (including phenoxy) is 1. The van der Waals surface area contributed by atoms with Gasteiger partial charge in [-0.05, 0) is 50.2 Å². The first-order valence-corrected chi connectivity index (χ1v) is 10.3. The van der Waals surface area contributed by atoms with Gasteiger partial charge in [-0.25, -0.2) is 9.37 Å². The van der Waals surface area contributed by atoms with Crippen molar-refractivity contribution in [1.29, 1.82) is 0 Å². The van der Waals surface area contributed by atoms with Crippen LogP contribution in [0, 0.1) is 12.7 Å². The van der Waals surface area contributed by atoms with Crippen LogP contribution in [0.2, 0.25) is 0 Å². The zero-order valence-corrected chi connectivity index (χ0v) is 17.3. The second kappa shape index (κ2) is 8.23. The van der Waals surface area contributed by atoms with Crippen LogP contribution in [0.3, 0.4) is 0 Å². The van der Waals surface area contributed by atoms with Gasteiger partial charge in [0.05, 0.1) is 11.4 Å². The van der Waals surface area contributed by atoms with E-state index in [0.717, 1.165) is 10.4 Å². The number of para-hydroxylation sites is 2. The van der Waals surface area contributed by atoms with Crippen molar-refractivity contribution in [3.8, 4) is 17.0 Å². The SMILES string of the molecule is Cc1sc(NC(=O)CCN2C(=O)[C@@H](C)Oc3ccccc32)nc1-c1ccc(F)cc1. The molecule has 154 valence electrons. The fourth-order valence-corrected chi connectivity index (χ4v) is 4.16. The summed E-state index contributed by atoms with van der Waals surface area (Å²) in [5.74, 6) is -0.0952. The van der Waals surface area contributed by atoms with Crippen LogP contribution in [0.5, 0.6) is 5.75 Å². The summed E-state index contributed by atoms with van der Waals surface area (Å²) in [7, 11) is 0. The number of carbonyl (C=O) groups excluding carboxylic acids is 2. The Morgan fingerprint density at radius 2 is 1.97 bits per heavy atom. The largest absolute Gasteiger partial charge is 0.479 e. The number of fused-ring (bicyclic) bond motifs is 1. The van der Waals surface area contributed by atoms with Crippen LogP contribution in [-0.2, 0) is 9.59 Å². The van der Waals surface area contributed by atoms with Crippen molar-refractivity contribution in [2.75, 3.05) is 16.8 Å². The van der Waals surface area contributed by atoms with E-state index >= 15 is 0 Å². The zero-order valence-electron chi connectivity index (χ0n) is 16.5. The molecule has 2 heterocycles. The topological polar surface area (TPSA) is 71.5 Å². The van der Waals surface area contributed by atoms with E-state index in [2.05, 4.69) is 10.3 Å². The zero-order chi connectivity index (χ0) is 21.3. The number of rotatable bonds is 5. The molecule has 1 N–H and O–H groups in total. The average molecular weight is 425 g/mol. The summed E-state index contributed by atoms with van der Waals surface area (Å²) < 4.78 is 18.8. The van der Waals surface area contributed by atoms with E-state index in [0.29, 0.717) is 22.3 Å². The summed E-state index contributed by atoms with van der Waals surface area (Å²) in [5.41, 5.74) is 2.16. The van der Waals surface area contributed by atoms with Gasteiger partial charge < -0.3 is 15.0 Å². The number of carbonyl (C=O) groups is 2. The first-order valence-electron chi connectivity index (χ1n) is 9.52. The molecule has 6 nitrogen and oxygen atoms in total. The fourth-order valence-electron chi connectivity index (χ4n) is 3.31. The van der Waals surface area contributed by atoms with Crippen LogP contribution in [-0.4, -0.2) is 29.4 Å². The predicted molar refractivity (Wildman–Crippen MR) is 114 cm³/mol. The van der Waals surface area contributed by atoms with Crippen LogP contribution in [0.15, 0.2) is 48.5 Å². The molecule has 0 bridgehead atoms. The second-order valence-corrected chi connectivity index (χ2v) is 8.15. The Morgan fingerprint density at radius 1 is 1.23 bits per heavy atom. The summed E-state index contributed by atoms with van der Waals surface area (Å²) in [5, 5.41) is 3.27. The molecule has 1 aromatic heterocycles. The number of aryl methyl sites for hydroxylation is 1.